The first-order valence-electron chi connectivity index (χ1n) is 8.42. The average molecular weight is 378 g/mol. The van der Waals surface area contributed by atoms with Gasteiger partial charge in [0.15, 0.2) is 0 Å². The van der Waals surface area contributed by atoms with Crippen LogP contribution in [0.3, 0.4) is 0 Å². The molecular weight excluding hydrogens is 360 g/mol. The third-order valence-electron chi connectivity index (χ3n) is 4.38. The molecule has 0 saturated heterocycles. The van der Waals surface area contributed by atoms with Crippen molar-refractivity contribution in [3.8, 4) is 0 Å². The molecule has 27 heavy (non-hydrogen) atoms. The van der Waals surface area contributed by atoms with Gasteiger partial charge in [0.05, 0.1) is 6.04 Å². The zero-order valence-electron chi connectivity index (χ0n) is 14.4. The zero-order valence-corrected chi connectivity index (χ0v) is 15.3. The van der Waals surface area contributed by atoms with Crippen LogP contribution in [-0.4, -0.2) is 25.7 Å². The lowest BCUT2D eigenvalue weighted by atomic mass is 9.89. The number of nitrogens with zero attached hydrogens (tertiary/aromatic N) is 4. The molecule has 4 rings (SSSR count). The number of carbonyl (C=O) groups excluding carboxylic acids is 1. The molecule has 1 amide bonds. The highest BCUT2D eigenvalue weighted by Gasteiger charge is 2.39. The summed E-state index contributed by atoms with van der Waals surface area (Å²) in [7, 11) is 0. The average Bonchev–Trinajstić information content (AvgIpc) is 3.09. The van der Waals surface area contributed by atoms with Gasteiger partial charge in [-0.1, -0.05) is 54.7 Å². The zero-order chi connectivity index (χ0) is 18.8. The molecule has 136 valence electrons. The van der Waals surface area contributed by atoms with Crippen LogP contribution in [0.4, 0.5) is 5.95 Å². The highest BCUT2D eigenvalue weighted by molar-refractivity contribution is 7.98. The van der Waals surface area contributed by atoms with E-state index in [1.54, 1.807) is 17.1 Å². The lowest BCUT2D eigenvalue weighted by molar-refractivity contribution is -0.121. The number of rotatable bonds is 5. The summed E-state index contributed by atoms with van der Waals surface area (Å²) in [6.07, 6.45) is 3.39. The number of hydrogen-bond donors (Lipinski definition) is 2. The van der Waals surface area contributed by atoms with Gasteiger partial charge in [0.2, 0.25) is 17.0 Å². The standard InChI is InChI=1S/C19H18N6OS/c1-12-15(17(20)26)16(14-8-5-9-21-10-14)25-18(22-12)23-19(24-25)27-11-13-6-3-2-4-7-13/h2-10,15-16H,1,11H2,(H2,20,26)(H,22,23,24)/t15-,16+/m1/s1. The predicted octanol–water partition coefficient (Wildman–Crippen LogP) is 2.60. The molecule has 1 aliphatic rings. The quantitative estimate of drug-likeness (QED) is 0.662. The molecule has 0 fully saturated rings. The van der Waals surface area contributed by atoms with Crippen LogP contribution in [0.5, 0.6) is 0 Å². The lowest BCUT2D eigenvalue weighted by Gasteiger charge is -2.32. The maximum absolute atomic E-state index is 12.1. The lowest BCUT2D eigenvalue weighted by Crippen LogP contribution is -2.40. The van der Waals surface area contributed by atoms with Crippen molar-refractivity contribution in [1.29, 1.82) is 0 Å². The number of thioether (sulfide) groups is 1. The summed E-state index contributed by atoms with van der Waals surface area (Å²) in [4.78, 5) is 20.8. The van der Waals surface area contributed by atoms with Gasteiger partial charge in [-0.3, -0.25) is 9.78 Å². The van der Waals surface area contributed by atoms with Gasteiger partial charge in [-0.05, 0) is 17.2 Å². The molecular formula is C19H18N6OS. The van der Waals surface area contributed by atoms with Gasteiger partial charge in [0.25, 0.3) is 0 Å². The highest BCUT2D eigenvalue weighted by atomic mass is 32.2. The molecule has 0 bridgehead atoms. The smallest absolute Gasteiger partial charge is 0.229 e. The molecule has 0 unspecified atom stereocenters. The fourth-order valence-corrected chi connectivity index (χ4v) is 3.92. The van der Waals surface area contributed by atoms with Crippen LogP contribution < -0.4 is 11.1 Å². The Hall–Kier alpha value is -3.13. The number of nitrogens with two attached hydrogens (primary N) is 1. The van der Waals surface area contributed by atoms with Crippen LogP contribution in [0.1, 0.15) is 17.2 Å². The number of aromatic nitrogens is 4. The molecule has 2 atom stereocenters. The molecule has 0 spiro atoms. The van der Waals surface area contributed by atoms with Crippen molar-refractivity contribution in [3.05, 3.63) is 78.3 Å². The minimum absolute atomic E-state index is 0.432. The molecule has 7 nitrogen and oxygen atoms in total. The Balaban J connectivity index is 1.68. The third-order valence-corrected chi connectivity index (χ3v) is 5.29. The van der Waals surface area contributed by atoms with E-state index in [0.29, 0.717) is 16.8 Å². The minimum Gasteiger partial charge on any atom is -0.369 e. The third kappa shape index (κ3) is 3.43. The fraction of sp³-hybridized carbons (Fsp3) is 0.158. The van der Waals surface area contributed by atoms with E-state index in [0.717, 1.165) is 11.3 Å². The summed E-state index contributed by atoms with van der Waals surface area (Å²) in [5, 5.41) is 8.31. The Bertz CT molecular complexity index is 972. The van der Waals surface area contributed by atoms with Crippen LogP contribution in [0.15, 0.2) is 72.3 Å². The maximum atomic E-state index is 12.1. The molecule has 3 N–H and O–H groups in total. The van der Waals surface area contributed by atoms with E-state index in [4.69, 9.17) is 5.73 Å². The van der Waals surface area contributed by atoms with E-state index in [1.165, 1.54) is 17.3 Å². The first kappa shape index (κ1) is 17.3. The van der Waals surface area contributed by atoms with Crippen molar-refractivity contribution < 1.29 is 4.79 Å². The number of fused-ring (bicyclic) bond motifs is 1. The maximum Gasteiger partial charge on any atom is 0.229 e. The van der Waals surface area contributed by atoms with Crippen LogP contribution in [0.2, 0.25) is 0 Å². The second kappa shape index (κ2) is 7.24. The molecule has 0 aliphatic carbocycles. The summed E-state index contributed by atoms with van der Waals surface area (Å²) in [6.45, 7) is 3.97. The van der Waals surface area contributed by atoms with Crippen LogP contribution in [0.25, 0.3) is 0 Å². The predicted molar refractivity (Wildman–Crippen MR) is 104 cm³/mol. The van der Waals surface area contributed by atoms with Gasteiger partial charge >= 0.3 is 0 Å². The Morgan fingerprint density at radius 3 is 2.78 bits per heavy atom. The van der Waals surface area contributed by atoms with Gasteiger partial charge in [-0.25, -0.2) is 4.68 Å². The number of anilines is 1. The summed E-state index contributed by atoms with van der Waals surface area (Å²) in [5.74, 6) is 0.181. The molecule has 1 aliphatic heterocycles. The Kier molecular flexibility index (Phi) is 4.64. The fourth-order valence-electron chi connectivity index (χ4n) is 3.13. The van der Waals surface area contributed by atoms with Gasteiger partial charge in [-0.2, -0.15) is 4.98 Å². The van der Waals surface area contributed by atoms with Crippen LogP contribution in [-0.2, 0) is 10.5 Å². The highest BCUT2D eigenvalue weighted by Crippen LogP contribution is 2.38. The normalized spacial score (nSPS) is 18.6. The number of amides is 1. The molecule has 8 heteroatoms. The van der Waals surface area contributed by atoms with E-state index in [-0.39, 0.29) is 0 Å². The van der Waals surface area contributed by atoms with E-state index >= 15 is 0 Å². The van der Waals surface area contributed by atoms with E-state index < -0.39 is 17.9 Å². The first-order chi connectivity index (χ1) is 13.1. The topological polar surface area (TPSA) is 98.7 Å². The Morgan fingerprint density at radius 2 is 2.07 bits per heavy atom. The molecule has 0 radical (unpaired) electrons. The largest absolute Gasteiger partial charge is 0.369 e. The van der Waals surface area contributed by atoms with Gasteiger partial charge < -0.3 is 11.1 Å². The van der Waals surface area contributed by atoms with E-state index in [1.807, 2.05) is 30.3 Å². The van der Waals surface area contributed by atoms with Gasteiger partial charge in [0, 0.05) is 23.8 Å². The van der Waals surface area contributed by atoms with Crippen LogP contribution in [0, 0.1) is 5.92 Å². The number of benzene rings is 1. The van der Waals surface area contributed by atoms with Crippen molar-refractivity contribution in [2.75, 3.05) is 5.32 Å². The second-order valence-electron chi connectivity index (χ2n) is 6.20. The number of primary amides is 1. The monoisotopic (exact) mass is 378 g/mol. The van der Waals surface area contributed by atoms with Crippen molar-refractivity contribution >= 4 is 23.6 Å². The van der Waals surface area contributed by atoms with E-state index in [2.05, 4.69) is 39.1 Å². The number of nitrogens with one attached hydrogen (secondary N) is 1. The summed E-state index contributed by atoms with van der Waals surface area (Å²) in [5.41, 5.74) is 8.18. The summed E-state index contributed by atoms with van der Waals surface area (Å²) >= 11 is 1.53. The molecule has 2 aromatic heterocycles. The van der Waals surface area contributed by atoms with Crippen molar-refractivity contribution in [1.82, 2.24) is 19.7 Å². The van der Waals surface area contributed by atoms with Gasteiger partial charge in [0.1, 0.15) is 5.92 Å². The SMILES string of the molecule is C=C1Nc2nc(SCc3ccccc3)nn2[C@@H](c2cccnc2)[C@@H]1C(N)=O. The molecule has 0 saturated carbocycles. The van der Waals surface area contributed by atoms with Crippen molar-refractivity contribution in [2.45, 2.75) is 17.0 Å². The second-order valence-corrected chi connectivity index (χ2v) is 7.14. The summed E-state index contributed by atoms with van der Waals surface area (Å²) < 4.78 is 1.70. The Labute approximate surface area is 160 Å². The summed E-state index contributed by atoms with van der Waals surface area (Å²) in [6, 6.07) is 13.4. The van der Waals surface area contributed by atoms with E-state index in [9.17, 15) is 4.79 Å². The molecule has 3 aromatic rings. The Morgan fingerprint density at radius 1 is 1.26 bits per heavy atom. The number of carbonyl (C=O) groups is 1. The van der Waals surface area contributed by atoms with Crippen molar-refractivity contribution in [3.63, 3.8) is 0 Å². The van der Waals surface area contributed by atoms with Gasteiger partial charge in [-0.15, -0.1) is 5.10 Å². The van der Waals surface area contributed by atoms with Crippen LogP contribution >= 0.6 is 11.8 Å². The molecule has 1 aromatic carbocycles. The number of pyridine rings is 1. The first-order valence-corrected chi connectivity index (χ1v) is 9.40. The number of hydrogen-bond acceptors (Lipinski definition) is 6. The minimum atomic E-state index is -0.643. The molecule has 3 heterocycles. The van der Waals surface area contributed by atoms with Crippen molar-refractivity contribution in [2.24, 2.45) is 11.7 Å².